The Morgan fingerprint density at radius 1 is 1.46 bits per heavy atom. The minimum atomic E-state index is -4.48. The topological polar surface area (TPSA) is 38.9 Å². The number of nitrogens with zero attached hydrogens (tertiary/aromatic N) is 1. The molecule has 72 valence electrons. The van der Waals surface area contributed by atoms with Crippen LogP contribution in [-0.4, -0.2) is 4.98 Å². The molecule has 0 bridgehead atoms. The third-order valence-corrected chi connectivity index (χ3v) is 2.10. The molecule has 0 saturated carbocycles. The van der Waals surface area contributed by atoms with Gasteiger partial charge >= 0.3 is 6.18 Å². The van der Waals surface area contributed by atoms with E-state index in [1.165, 1.54) is 6.07 Å². The van der Waals surface area contributed by atoms with Gasteiger partial charge in [-0.3, -0.25) is 0 Å². The Balaban J connectivity index is 3.24. The molecule has 13 heavy (non-hydrogen) atoms. The van der Waals surface area contributed by atoms with Gasteiger partial charge in [0.25, 0.3) is 0 Å². The zero-order valence-electron chi connectivity index (χ0n) is 6.40. The van der Waals surface area contributed by atoms with E-state index in [4.69, 9.17) is 5.73 Å². The van der Waals surface area contributed by atoms with E-state index in [0.717, 1.165) is 6.20 Å². The highest BCUT2D eigenvalue weighted by Gasteiger charge is 2.35. The van der Waals surface area contributed by atoms with Crippen LogP contribution in [0.15, 0.2) is 12.3 Å². The van der Waals surface area contributed by atoms with Crippen molar-refractivity contribution in [1.29, 1.82) is 0 Å². The first-order valence-electron chi connectivity index (χ1n) is 3.33. The molecule has 0 fully saturated rings. The third-order valence-electron chi connectivity index (χ3n) is 1.49. The molecule has 0 saturated heterocycles. The van der Waals surface area contributed by atoms with E-state index in [-0.39, 0.29) is 11.0 Å². The molecule has 2 N–H and O–H groups in total. The summed E-state index contributed by atoms with van der Waals surface area (Å²) < 4.78 is 36.6. The predicted molar refractivity (Wildman–Crippen MR) is 46.3 cm³/mol. The minimum Gasteiger partial charge on any atom is -0.397 e. The van der Waals surface area contributed by atoms with E-state index in [9.17, 15) is 13.2 Å². The summed E-state index contributed by atoms with van der Waals surface area (Å²) in [7, 11) is 0. The Morgan fingerprint density at radius 2 is 2.08 bits per heavy atom. The second kappa shape index (κ2) is 3.53. The Labute approximate surface area is 81.1 Å². The van der Waals surface area contributed by atoms with E-state index < -0.39 is 11.9 Å². The maximum absolute atomic E-state index is 12.2. The van der Waals surface area contributed by atoms with E-state index in [2.05, 4.69) is 20.9 Å². The number of aromatic nitrogens is 1. The van der Waals surface area contributed by atoms with Crippen molar-refractivity contribution in [1.82, 2.24) is 4.98 Å². The van der Waals surface area contributed by atoms with Crippen molar-refractivity contribution in [3.63, 3.8) is 0 Å². The Hall–Kier alpha value is -0.780. The molecule has 0 spiro atoms. The fourth-order valence-electron chi connectivity index (χ4n) is 0.856. The lowest BCUT2D eigenvalue weighted by Gasteiger charge is -2.10. The Morgan fingerprint density at radius 3 is 2.54 bits per heavy atom. The van der Waals surface area contributed by atoms with Crippen LogP contribution in [0, 0.1) is 0 Å². The minimum absolute atomic E-state index is 0.282. The maximum atomic E-state index is 12.2. The van der Waals surface area contributed by atoms with Gasteiger partial charge in [0.15, 0.2) is 5.69 Å². The van der Waals surface area contributed by atoms with Gasteiger partial charge in [0.2, 0.25) is 0 Å². The van der Waals surface area contributed by atoms with Crippen molar-refractivity contribution < 1.29 is 13.2 Å². The molecule has 6 heteroatoms. The Kier molecular flexibility index (Phi) is 2.80. The van der Waals surface area contributed by atoms with Gasteiger partial charge in [-0.05, 0) is 11.6 Å². The van der Waals surface area contributed by atoms with Crippen LogP contribution in [0.1, 0.15) is 11.3 Å². The first kappa shape index (κ1) is 10.3. The number of pyridine rings is 1. The van der Waals surface area contributed by atoms with Crippen molar-refractivity contribution in [2.24, 2.45) is 0 Å². The van der Waals surface area contributed by atoms with Crippen LogP contribution in [-0.2, 0) is 11.5 Å². The molecular formula is C7H6BrF3N2. The number of nitrogen functional groups attached to an aromatic ring is 1. The molecule has 1 rings (SSSR count). The molecule has 2 nitrogen and oxygen atoms in total. The third kappa shape index (κ3) is 2.12. The first-order chi connectivity index (χ1) is 5.96. The molecular weight excluding hydrogens is 249 g/mol. The number of anilines is 1. The summed E-state index contributed by atoms with van der Waals surface area (Å²) in [6.45, 7) is 0. The van der Waals surface area contributed by atoms with Gasteiger partial charge < -0.3 is 5.73 Å². The van der Waals surface area contributed by atoms with E-state index in [1.807, 2.05) is 0 Å². The molecule has 0 aliphatic rings. The van der Waals surface area contributed by atoms with Gasteiger partial charge in [0, 0.05) is 11.5 Å². The lowest BCUT2D eigenvalue weighted by molar-refractivity contribution is -0.140. The average molecular weight is 255 g/mol. The summed E-state index contributed by atoms with van der Waals surface area (Å²) in [5.74, 6) is 0. The molecule has 0 aromatic carbocycles. The van der Waals surface area contributed by atoms with Crippen LogP contribution in [0.2, 0.25) is 0 Å². The monoisotopic (exact) mass is 254 g/mol. The number of alkyl halides is 4. The molecule has 0 aliphatic carbocycles. The van der Waals surface area contributed by atoms with Crippen LogP contribution < -0.4 is 5.73 Å². The SMILES string of the molecule is Nc1c(CBr)ccnc1C(F)(F)F. The predicted octanol–water partition coefficient (Wildman–Crippen LogP) is 2.58. The van der Waals surface area contributed by atoms with Crippen LogP contribution in [0.4, 0.5) is 18.9 Å². The first-order valence-corrected chi connectivity index (χ1v) is 4.45. The average Bonchev–Trinajstić information content (AvgIpc) is 2.02. The van der Waals surface area contributed by atoms with Gasteiger partial charge in [-0.1, -0.05) is 15.9 Å². The number of hydrogen-bond acceptors (Lipinski definition) is 2. The van der Waals surface area contributed by atoms with E-state index >= 15 is 0 Å². The normalized spacial score (nSPS) is 11.7. The van der Waals surface area contributed by atoms with Crippen molar-refractivity contribution in [2.75, 3.05) is 5.73 Å². The molecule has 0 amide bonds. The molecule has 1 heterocycles. The van der Waals surface area contributed by atoms with Crippen molar-refractivity contribution in [3.8, 4) is 0 Å². The number of halogens is 4. The highest BCUT2D eigenvalue weighted by Crippen LogP contribution is 2.33. The van der Waals surface area contributed by atoms with Crippen LogP contribution in [0.3, 0.4) is 0 Å². The highest BCUT2D eigenvalue weighted by molar-refractivity contribution is 9.08. The number of nitrogens with two attached hydrogens (primary N) is 1. The molecule has 0 radical (unpaired) electrons. The van der Waals surface area contributed by atoms with Crippen molar-refractivity contribution >= 4 is 21.6 Å². The van der Waals surface area contributed by atoms with E-state index in [0.29, 0.717) is 5.56 Å². The lowest BCUT2D eigenvalue weighted by Crippen LogP contribution is -2.12. The van der Waals surface area contributed by atoms with Crippen LogP contribution in [0.25, 0.3) is 0 Å². The summed E-state index contributed by atoms with van der Waals surface area (Å²) in [5.41, 5.74) is 4.32. The zero-order chi connectivity index (χ0) is 10.1. The second-order valence-electron chi connectivity index (χ2n) is 2.36. The van der Waals surface area contributed by atoms with Crippen LogP contribution >= 0.6 is 15.9 Å². The van der Waals surface area contributed by atoms with Gasteiger partial charge in [-0.2, -0.15) is 13.2 Å². The number of hydrogen-bond donors (Lipinski definition) is 1. The lowest BCUT2D eigenvalue weighted by atomic mass is 10.2. The highest BCUT2D eigenvalue weighted by atomic mass is 79.9. The summed E-state index contributed by atoms with van der Waals surface area (Å²) in [5, 5.41) is 0.282. The number of rotatable bonds is 1. The maximum Gasteiger partial charge on any atom is 0.435 e. The molecule has 0 aliphatic heterocycles. The summed E-state index contributed by atoms with van der Waals surface area (Å²) in [4.78, 5) is 3.19. The summed E-state index contributed by atoms with van der Waals surface area (Å²) in [6, 6.07) is 1.44. The van der Waals surface area contributed by atoms with Crippen molar-refractivity contribution in [2.45, 2.75) is 11.5 Å². The molecule has 0 unspecified atom stereocenters. The summed E-state index contributed by atoms with van der Waals surface area (Å²) in [6.07, 6.45) is -3.39. The van der Waals surface area contributed by atoms with Gasteiger partial charge in [0.05, 0.1) is 5.69 Å². The Bertz CT molecular complexity index is 311. The zero-order valence-corrected chi connectivity index (χ0v) is 7.98. The standard InChI is InChI=1S/C7H6BrF3N2/c8-3-4-1-2-13-6(5(4)12)7(9,10)11/h1-2H,3,12H2. The second-order valence-corrected chi connectivity index (χ2v) is 2.92. The largest absolute Gasteiger partial charge is 0.435 e. The van der Waals surface area contributed by atoms with E-state index in [1.54, 1.807) is 0 Å². The molecule has 0 atom stereocenters. The smallest absolute Gasteiger partial charge is 0.397 e. The van der Waals surface area contributed by atoms with Gasteiger partial charge in [0.1, 0.15) is 0 Å². The molecule has 1 aromatic heterocycles. The van der Waals surface area contributed by atoms with Gasteiger partial charge in [-0.15, -0.1) is 0 Å². The quantitative estimate of drug-likeness (QED) is 0.783. The van der Waals surface area contributed by atoms with Crippen molar-refractivity contribution in [3.05, 3.63) is 23.5 Å². The molecule has 1 aromatic rings. The fourth-order valence-corrected chi connectivity index (χ4v) is 1.34. The summed E-state index contributed by atoms with van der Waals surface area (Å²) >= 11 is 3.03. The van der Waals surface area contributed by atoms with Gasteiger partial charge in [-0.25, -0.2) is 4.98 Å². The van der Waals surface area contributed by atoms with Crippen LogP contribution in [0.5, 0.6) is 0 Å². The fraction of sp³-hybridized carbons (Fsp3) is 0.286.